The second-order valence-corrected chi connectivity index (χ2v) is 5.13. The lowest BCUT2D eigenvalue weighted by atomic mass is 10.2. The SMILES string of the molecule is CNc1nc(-c2ccccc2Cl)nc2ccc(Cl)cc12. The maximum absolute atomic E-state index is 6.21. The summed E-state index contributed by atoms with van der Waals surface area (Å²) < 4.78 is 0. The summed E-state index contributed by atoms with van der Waals surface area (Å²) in [5.41, 5.74) is 1.63. The summed E-state index contributed by atoms with van der Waals surface area (Å²) in [6.45, 7) is 0. The Labute approximate surface area is 126 Å². The quantitative estimate of drug-likeness (QED) is 0.749. The number of nitrogens with zero attached hydrogens (tertiary/aromatic N) is 2. The van der Waals surface area contributed by atoms with Gasteiger partial charge in [0.25, 0.3) is 0 Å². The first kappa shape index (κ1) is 13.2. The van der Waals surface area contributed by atoms with E-state index >= 15 is 0 Å². The molecule has 0 amide bonds. The summed E-state index contributed by atoms with van der Waals surface area (Å²) in [7, 11) is 1.82. The summed E-state index contributed by atoms with van der Waals surface area (Å²) in [6, 6.07) is 13.1. The molecule has 3 nitrogen and oxygen atoms in total. The fourth-order valence-electron chi connectivity index (χ4n) is 2.05. The van der Waals surface area contributed by atoms with Crippen LogP contribution >= 0.6 is 23.2 Å². The van der Waals surface area contributed by atoms with Gasteiger partial charge in [-0.3, -0.25) is 0 Å². The van der Waals surface area contributed by atoms with Crippen LogP contribution in [-0.4, -0.2) is 17.0 Å². The van der Waals surface area contributed by atoms with Gasteiger partial charge < -0.3 is 5.32 Å². The molecule has 20 heavy (non-hydrogen) atoms. The number of anilines is 1. The van der Waals surface area contributed by atoms with Crippen molar-refractivity contribution in [3.63, 3.8) is 0 Å². The predicted molar refractivity (Wildman–Crippen MR) is 84.5 cm³/mol. The van der Waals surface area contributed by atoms with E-state index in [1.165, 1.54) is 0 Å². The van der Waals surface area contributed by atoms with Crippen LogP contribution in [0.25, 0.3) is 22.3 Å². The first-order valence-electron chi connectivity index (χ1n) is 6.09. The van der Waals surface area contributed by atoms with E-state index in [2.05, 4.69) is 15.3 Å². The predicted octanol–water partition coefficient (Wildman–Crippen LogP) is 4.65. The van der Waals surface area contributed by atoms with Crippen LogP contribution in [0, 0.1) is 0 Å². The highest BCUT2D eigenvalue weighted by atomic mass is 35.5. The van der Waals surface area contributed by atoms with Gasteiger partial charge in [-0.1, -0.05) is 35.3 Å². The first-order valence-corrected chi connectivity index (χ1v) is 6.84. The minimum atomic E-state index is 0.592. The van der Waals surface area contributed by atoms with E-state index in [1.807, 2.05) is 49.5 Å². The van der Waals surface area contributed by atoms with E-state index in [1.54, 1.807) is 0 Å². The number of nitrogens with one attached hydrogen (secondary N) is 1. The molecule has 100 valence electrons. The Kier molecular flexibility index (Phi) is 3.47. The number of hydrogen-bond acceptors (Lipinski definition) is 3. The molecule has 1 heterocycles. The van der Waals surface area contributed by atoms with Crippen molar-refractivity contribution in [2.75, 3.05) is 12.4 Å². The molecule has 0 unspecified atom stereocenters. The number of aromatic nitrogens is 2. The smallest absolute Gasteiger partial charge is 0.163 e. The van der Waals surface area contributed by atoms with Crippen molar-refractivity contribution in [3.8, 4) is 11.4 Å². The van der Waals surface area contributed by atoms with E-state index < -0.39 is 0 Å². The molecule has 0 radical (unpaired) electrons. The van der Waals surface area contributed by atoms with Gasteiger partial charge in [0.2, 0.25) is 0 Å². The van der Waals surface area contributed by atoms with Gasteiger partial charge in [0.05, 0.1) is 10.5 Å². The number of benzene rings is 2. The normalized spacial score (nSPS) is 10.8. The van der Waals surface area contributed by atoms with Gasteiger partial charge in [-0.05, 0) is 30.3 Å². The average molecular weight is 304 g/mol. The van der Waals surface area contributed by atoms with Gasteiger partial charge in [-0.15, -0.1) is 0 Å². The molecule has 0 saturated carbocycles. The molecule has 0 aliphatic carbocycles. The highest BCUT2D eigenvalue weighted by Gasteiger charge is 2.11. The second-order valence-electron chi connectivity index (χ2n) is 4.29. The topological polar surface area (TPSA) is 37.8 Å². The number of rotatable bonds is 2. The molecular weight excluding hydrogens is 293 g/mol. The highest BCUT2D eigenvalue weighted by Crippen LogP contribution is 2.30. The van der Waals surface area contributed by atoms with Crippen LogP contribution in [0.2, 0.25) is 10.0 Å². The average Bonchev–Trinajstić information content (AvgIpc) is 2.46. The molecule has 0 aliphatic heterocycles. The van der Waals surface area contributed by atoms with Crippen molar-refractivity contribution in [1.82, 2.24) is 9.97 Å². The van der Waals surface area contributed by atoms with Crippen molar-refractivity contribution in [3.05, 3.63) is 52.5 Å². The molecular formula is C15H11Cl2N3. The fraction of sp³-hybridized carbons (Fsp3) is 0.0667. The van der Waals surface area contributed by atoms with Crippen molar-refractivity contribution in [1.29, 1.82) is 0 Å². The molecule has 5 heteroatoms. The number of fused-ring (bicyclic) bond motifs is 1. The van der Waals surface area contributed by atoms with Gasteiger partial charge in [0, 0.05) is 23.0 Å². The first-order chi connectivity index (χ1) is 9.69. The van der Waals surface area contributed by atoms with E-state index in [-0.39, 0.29) is 0 Å². The Bertz CT molecular complexity index is 787. The molecule has 0 bridgehead atoms. The third-order valence-electron chi connectivity index (χ3n) is 3.01. The standard InChI is InChI=1S/C15H11Cl2N3/c1-18-14-11-8-9(16)6-7-13(11)19-15(20-14)10-4-2-3-5-12(10)17/h2-8H,1H3,(H,18,19,20). The molecule has 0 aliphatic rings. The van der Waals surface area contributed by atoms with Gasteiger partial charge in [-0.25, -0.2) is 9.97 Å². The van der Waals surface area contributed by atoms with Crippen molar-refractivity contribution >= 4 is 39.9 Å². The van der Waals surface area contributed by atoms with Gasteiger partial charge in [-0.2, -0.15) is 0 Å². The second kappa shape index (κ2) is 5.27. The van der Waals surface area contributed by atoms with Crippen molar-refractivity contribution in [2.45, 2.75) is 0 Å². The molecule has 3 rings (SSSR count). The zero-order chi connectivity index (χ0) is 14.1. The molecule has 1 aromatic heterocycles. The minimum absolute atomic E-state index is 0.592. The monoisotopic (exact) mass is 303 g/mol. The summed E-state index contributed by atoms with van der Waals surface area (Å²) >= 11 is 12.2. The summed E-state index contributed by atoms with van der Waals surface area (Å²) in [5, 5.41) is 5.24. The lowest BCUT2D eigenvalue weighted by Gasteiger charge is -2.09. The Morgan fingerprint density at radius 3 is 2.55 bits per heavy atom. The van der Waals surface area contributed by atoms with Crippen LogP contribution in [0.1, 0.15) is 0 Å². The largest absolute Gasteiger partial charge is 0.373 e. The molecule has 1 N–H and O–H groups in total. The van der Waals surface area contributed by atoms with Crippen LogP contribution < -0.4 is 5.32 Å². The third-order valence-corrected chi connectivity index (χ3v) is 3.57. The zero-order valence-corrected chi connectivity index (χ0v) is 12.2. The Morgan fingerprint density at radius 2 is 1.80 bits per heavy atom. The van der Waals surface area contributed by atoms with E-state index in [0.29, 0.717) is 15.9 Å². The number of halogens is 2. The Morgan fingerprint density at radius 1 is 1.00 bits per heavy atom. The van der Waals surface area contributed by atoms with Crippen molar-refractivity contribution in [2.24, 2.45) is 0 Å². The molecule has 0 saturated heterocycles. The van der Waals surface area contributed by atoms with Crippen LogP contribution in [0.15, 0.2) is 42.5 Å². The van der Waals surface area contributed by atoms with E-state index in [9.17, 15) is 0 Å². The Balaban J connectivity index is 2.29. The Hall–Kier alpha value is -1.84. The highest BCUT2D eigenvalue weighted by molar-refractivity contribution is 6.33. The molecule has 0 atom stereocenters. The van der Waals surface area contributed by atoms with Crippen LogP contribution in [-0.2, 0) is 0 Å². The van der Waals surface area contributed by atoms with E-state index in [0.717, 1.165) is 22.3 Å². The van der Waals surface area contributed by atoms with Crippen LogP contribution in [0.3, 0.4) is 0 Å². The van der Waals surface area contributed by atoms with Gasteiger partial charge >= 0.3 is 0 Å². The number of hydrogen-bond donors (Lipinski definition) is 1. The zero-order valence-electron chi connectivity index (χ0n) is 10.7. The maximum Gasteiger partial charge on any atom is 0.163 e. The van der Waals surface area contributed by atoms with Crippen LogP contribution in [0.4, 0.5) is 5.82 Å². The molecule has 0 fully saturated rings. The van der Waals surface area contributed by atoms with Gasteiger partial charge in [0.15, 0.2) is 5.82 Å². The molecule has 0 spiro atoms. The lowest BCUT2D eigenvalue weighted by Crippen LogP contribution is -1.99. The van der Waals surface area contributed by atoms with Gasteiger partial charge in [0.1, 0.15) is 5.82 Å². The minimum Gasteiger partial charge on any atom is -0.373 e. The summed E-state index contributed by atoms with van der Waals surface area (Å²) in [4.78, 5) is 9.09. The van der Waals surface area contributed by atoms with Crippen LogP contribution in [0.5, 0.6) is 0 Å². The third kappa shape index (κ3) is 2.30. The molecule has 2 aromatic carbocycles. The maximum atomic E-state index is 6.21. The summed E-state index contributed by atoms with van der Waals surface area (Å²) in [5.74, 6) is 1.32. The molecule has 3 aromatic rings. The fourth-order valence-corrected chi connectivity index (χ4v) is 2.45. The van der Waals surface area contributed by atoms with E-state index in [4.69, 9.17) is 23.2 Å². The summed E-state index contributed by atoms with van der Waals surface area (Å²) in [6.07, 6.45) is 0. The van der Waals surface area contributed by atoms with Crippen molar-refractivity contribution < 1.29 is 0 Å². The lowest BCUT2D eigenvalue weighted by molar-refractivity contribution is 1.21.